The Hall–Kier alpha value is 0.270. The van der Waals surface area contributed by atoms with E-state index >= 15 is 0 Å². The topological polar surface area (TPSA) is 24.1 Å². The molecule has 1 saturated carbocycles. The van der Waals surface area contributed by atoms with Crippen LogP contribution < -0.4 is 10.6 Å². The zero-order valence-electron chi connectivity index (χ0n) is 10.0. The monoisotopic (exact) mass is 228 g/mol. The van der Waals surface area contributed by atoms with Gasteiger partial charge in [-0.1, -0.05) is 13.8 Å². The summed E-state index contributed by atoms with van der Waals surface area (Å²) in [7, 11) is 0. The fourth-order valence-electron chi connectivity index (χ4n) is 2.36. The Morgan fingerprint density at radius 2 is 2.27 bits per heavy atom. The minimum atomic E-state index is 0.655. The minimum absolute atomic E-state index is 0.655. The molecule has 0 spiro atoms. The van der Waals surface area contributed by atoms with Crippen LogP contribution in [0.3, 0.4) is 0 Å². The fraction of sp³-hybridized carbons (Fsp3) is 1.00. The maximum absolute atomic E-state index is 3.66. The molecule has 1 atom stereocenters. The van der Waals surface area contributed by atoms with E-state index in [1.807, 2.05) is 0 Å². The van der Waals surface area contributed by atoms with Crippen LogP contribution in [0, 0.1) is 11.3 Å². The van der Waals surface area contributed by atoms with Crippen LogP contribution in [0.2, 0.25) is 0 Å². The Balaban J connectivity index is 1.62. The average molecular weight is 228 g/mol. The van der Waals surface area contributed by atoms with E-state index in [2.05, 4.69) is 36.2 Å². The summed E-state index contributed by atoms with van der Waals surface area (Å²) < 4.78 is 0. The lowest BCUT2D eigenvalue weighted by atomic mass is 9.92. The second kappa shape index (κ2) is 5.07. The molecule has 0 radical (unpaired) electrons. The van der Waals surface area contributed by atoms with Gasteiger partial charge in [-0.05, 0) is 24.2 Å². The lowest BCUT2D eigenvalue weighted by molar-refractivity contribution is 0.332. The maximum atomic E-state index is 3.66. The third-order valence-corrected chi connectivity index (χ3v) is 5.11. The molecule has 0 aromatic carbocycles. The van der Waals surface area contributed by atoms with Crippen molar-refractivity contribution in [2.24, 2.45) is 11.3 Å². The molecule has 3 heteroatoms. The molecule has 1 heterocycles. The van der Waals surface area contributed by atoms with Crippen LogP contribution in [0.5, 0.6) is 0 Å². The van der Waals surface area contributed by atoms with Crippen molar-refractivity contribution >= 4 is 11.8 Å². The van der Waals surface area contributed by atoms with E-state index in [9.17, 15) is 0 Å². The summed E-state index contributed by atoms with van der Waals surface area (Å²) in [5, 5.41) is 7.24. The van der Waals surface area contributed by atoms with Crippen LogP contribution in [-0.4, -0.2) is 37.2 Å². The molecule has 0 bridgehead atoms. The van der Waals surface area contributed by atoms with E-state index in [1.165, 1.54) is 37.4 Å². The van der Waals surface area contributed by atoms with Crippen molar-refractivity contribution < 1.29 is 0 Å². The van der Waals surface area contributed by atoms with Gasteiger partial charge in [0.25, 0.3) is 0 Å². The molecule has 1 aliphatic heterocycles. The minimum Gasteiger partial charge on any atom is -0.315 e. The van der Waals surface area contributed by atoms with Gasteiger partial charge in [0.15, 0.2) is 0 Å². The molecule has 0 aromatic heterocycles. The molecule has 2 rings (SSSR count). The summed E-state index contributed by atoms with van der Waals surface area (Å²) in [6, 6.07) is 0.701. The summed E-state index contributed by atoms with van der Waals surface area (Å²) in [6.07, 6.45) is 2.87. The SMILES string of the molecule is CC(C)C1(CNCC2CSCCN2)CC1. The largest absolute Gasteiger partial charge is 0.315 e. The molecule has 2 aliphatic rings. The number of thioether (sulfide) groups is 1. The van der Waals surface area contributed by atoms with Crippen molar-refractivity contribution in [1.29, 1.82) is 0 Å². The van der Waals surface area contributed by atoms with Crippen LogP contribution in [0.25, 0.3) is 0 Å². The maximum Gasteiger partial charge on any atom is 0.0283 e. The highest BCUT2D eigenvalue weighted by atomic mass is 32.2. The number of nitrogens with one attached hydrogen (secondary N) is 2. The van der Waals surface area contributed by atoms with Gasteiger partial charge in [-0.3, -0.25) is 0 Å². The molecule has 2 N–H and O–H groups in total. The van der Waals surface area contributed by atoms with Crippen molar-refractivity contribution in [2.45, 2.75) is 32.7 Å². The van der Waals surface area contributed by atoms with Gasteiger partial charge in [0.2, 0.25) is 0 Å². The second-order valence-corrected chi connectivity index (χ2v) is 6.52. The van der Waals surface area contributed by atoms with E-state index in [0.29, 0.717) is 11.5 Å². The zero-order valence-corrected chi connectivity index (χ0v) is 10.8. The molecule has 1 saturated heterocycles. The Morgan fingerprint density at radius 3 is 2.80 bits per heavy atom. The molecule has 1 unspecified atom stereocenters. The zero-order chi connectivity index (χ0) is 10.7. The van der Waals surface area contributed by atoms with Crippen molar-refractivity contribution in [3.05, 3.63) is 0 Å². The summed E-state index contributed by atoms with van der Waals surface area (Å²) >= 11 is 2.08. The van der Waals surface area contributed by atoms with E-state index in [1.54, 1.807) is 0 Å². The van der Waals surface area contributed by atoms with E-state index in [0.717, 1.165) is 12.5 Å². The standard InChI is InChI=1S/C12H24N2S/c1-10(2)12(3-4-12)9-13-7-11-8-15-6-5-14-11/h10-11,13-14H,3-9H2,1-2H3. The smallest absolute Gasteiger partial charge is 0.0283 e. The molecule has 2 nitrogen and oxygen atoms in total. The predicted molar refractivity (Wildman–Crippen MR) is 68.5 cm³/mol. The first-order valence-corrected chi connectivity index (χ1v) is 7.40. The Labute approximate surface area is 98.0 Å². The summed E-state index contributed by atoms with van der Waals surface area (Å²) in [4.78, 5) is 0. The lowest BCUT2D eigenvalue weighted by Crippen LogP contribution is -2.45. The van der Waals surface area contributed by atoms with Gasteiger partial charge in [0.1, 0.15) is 0 Å². The van der Waals surface area contributed by atoms with Crippen LogP contribution in [0.1, 0.15) is 26.7 Å². The normalized spacial score (nSPS) is 29.4. The van der Waals surface area contributed by atoms with E-state index in [-0.39, 0.29) is 0 Å². The molecule has 88 valence electrons. The van der Waals surface area contributed by atoms with Gasteiger partial charge in [-0.25, -0.2) is 0 Å². The highest BCUT2D eigenvalue weighted by Crippen LogP contribution is 2.51. The number of rotatable bonds is 5. The highest BCUT2D eigenvalue weighted by molar-refractivity contribution is 7.99. The summed E-state index contributed by atoms with van der Waals surface area (Å²) in [6.45, 7) is 8.30. The molecule has 0 aromatic rings. The van der Waals surface area contributed by atoms with Crippen LogP contribution in [0.15, 0.2) is 0 Å². The van der Waals surface area contributed by atoms with Crippen LogP contribution in [0.4, 0.5) is 0 Å². The summed E-state index contributed by atoms with van der Waals surface area (Å²) in [5.41, 5.74) is 0.655. The van der Waals surface area contributed by atoms with Gasteiger partial charge >= 0.3 is 0 Å². The molecular weight excluding hydrogens is 204 g/mol. The lowest BCUT2D eigenvalue weighted by Gasteiger charge is -2.26. The Morgan fingerprint density at radius 1 is 1.47 bits per heavy atom. The van der Waals surface area contributed by atoms with Crippen LogP contribution in [-0.2, 0) is 0 Å². The van der Waals surface area contributed by atoms with Gasteiger partial charge in [-0.15, -0.1) is 0 Å². The molecule has 2 fully saturated rings. The third-order valence-electron chi connectivity index (χ3n) is 3.98. The first kappa shape index (κ1) is 11.7. The van der Waals surface area contributed by atoms with Crippen molar-refractivity contribution in [1.82, 2.24) is 10.6 Å². The van der Waals surface area contributed by atoms with Crippen molar-refractivity contribution in [2.75, 3.05) is 31.1 Å². The molecular formula is C12H24N2S. The number of hydrogen-bond donors (Lipinski definition) is 2. The van der Waals surface area contributed by atoms with E-state index in [4.69, 9.17) is 0 Å². The highest BCUT2D eigenvalue weighted by Gasteiger charge is 2.44. The first-order chi connectivity index (χ1) is 7.23. The van der Waals surface area contributed by atoms with Gasteiger partial charge < -0.3 is 10.6 Å². The van der Waals surface area contributed by atoms with Gasteiger partial charge in [0, 0.05) is 37.2 Å². The third kappa shape index (κ3) is 3.11. The van der Waals surface area contributed by atoms with Crippen LogP contribution >= 0.6 is 11.8 Å². The average Bonchev–Trinajstić information content (AvgIpc) is 3.01. The molecule has 15 heavy (non-hydrogen) atoms. The summed E-state index contributed by atoms with van der Waals surface area (Å²) in [5.74, 6) is 3.41. The predicted octanol–water partition coefficient (Wildman–Crippen LogP) is 1.72. The fourth-order valence-corrected chi connectivity index (χ4v) is 3.31. The molecule has 1 aliphatic carbocycles. The Bertz CT molecular complexity index is 196. The van der Waals surface area contributed by atoms with E-state index < -0.39 is 0 Å². The van der Waals surface area contributed by atoms with Gasteiger partial charge in [-0.2, -0.15) is 11.8 Å². The van der Waals surface area contributed by atoms with Gasteiger partial charge in [0.05, 0.1) is 0 Å². The quantitative estimate of drug-likeness (QED) is 0.749. The number of hydrogen-bond acceptors (Lipinski definition) is 3. The van der Waals surface area contributed by atoms with Crippen molar-refractivity contribution in [3.63, 3.8) is 0 Å². The first-order valence-electron chi connectivity index (χ1n) is 6.25. The Kier molecular flexibility index (Phi) is 3.97. The van der Waals surface area contributed by atoms with Crippen molar-refractivity contribution in [3.8, 4) is 0 Å². The molecule has 0 amide bonds. The second-order valence-electron chi connectivity index (χ2n) is 5.37.